The zero-order valence-corrected chi connectivity index (χ0v) is 10.5. The molecule has 0 spiro atoms. The lowest BCUT2D eigenvalue weighted by Crippen LogP contribution is -1.97. The molecule has 2 rings (SSSR count). The van der Waals surface area contributed by atoms with E-state index in [9.17, 15) is 5.11 Å². The van der Waals surface area contributed by atoms with Crippen molar-refractivity contribution in [1.82, 2.24) is 4.57 Å². The summed E-state index contributed by atoms with van der Waals surface area (Å²) < 4.78 is 3.19. The van der Waals surface area contributed by atoms with Gasteiger partial charge in [0.05, 0.1) is 0 Å². The Balaban J connectivity index is 2.75. The molecule has 1 atom stereocenters. The third-order valence-electron chi connectivity index (χ3n) is 2.80. The van der Waals surface area contributed by atoms with Crippen molar-refractivity contribution in [2.45, 2.75) is 12.8 Å². The summed E-state index contributed by atoms with van der Waals surface area (Å²) in [5.41, 5.74) is 2.39. The van der Waals surface area contributed by atoms with Crippen molar-refractivity contribution in [3.8, 4) is 0 Å². The van der Waals surface area contributed by atoms with Crippen LogP contribution in [-0.4, -0.2) is 16.3 Å². The highest BCUT2D eigenvalue weighted by atomic mass is 79.9. The Morgan fingerprint density at radius 3 is 2.87 bits per heavy atom. The van der Waals surface area contributed by atoms with Gasteiger partial charge >= 0.3 is 0 Å². The van der Waals surface area contributed by atoms with Crippen molar-refractivity contribution in [3.63, 3.8) is 0 Å². The molecular weight excluding hydrogens is 254 g/mol. The number of nitrogens with zero attached hydrogens (tertiary/aromatic N) is 1. The van der Waals surface area contributed by atoms with E-state index in [0.29, 0.717) is 0 Å². The van der Waals surface area contributed by atoms with E-state index in [1.165, 1.54) is 16.5 Å². The molecule has 2 aromatic rings. The van der Waals surface area contributed by atoms with Gasteiger partial charge in [0.1, 0.15) is 0 Å². The zero-order valence-electron chi connectivity index (χ0n) is 8.87. The first kappa shape index (κ1) is 10.7. The minimum Gasteiger partial charge on any atom is -0.396 e. The lowest BCUT2D eigenvalue weighted by Gasteiger charge is -2.06. The molecule has 0 radical (unpaired) electrons. The monoisotopic (exact) mass is 267 g/mol. The number of hydrogen-bond donors (Lipinski definition) is 1. The van der Waals surface area contributed by atoms with Crippen LogP contribution in [0.4, 0.5) is 0 Å². The maximum atomic E-state index is 9.22. The van der Waals surface area contributed by atoms with Gasteiger partial charge in [0.25, 0.3) is 0 Å². The Bertz CT molecular complexity index is 490. The van der Waals surface area contributed by atoms with Crippen molar-refractivity contribution in [1.29, 1.82) is 0 Å². The van der Waals surface area contributed by atoms with E-state index in [1.54, 1.807) is 0 Å². The first-order chi connectivity index (χ1) is 7.15. The molecule has 0 amide bonds. The third-order valence-corrected chi connectivity index (χ3v) is 3.46. The topological polar surface area (TPSA) is 25.2 Å². The number of rotatable bonds is 2. The van der Waals surface area contributed by atoms with Crippen LogP contribution in [0.3, 0.4) is 0 Å². The van der Waals surface area contributed by atoms with E-state index >= 15 is 0 Å². The normalized spacial score (nSPS) is 13.3. The summed E-state index contributed by atoms with van der Waals surface area (Å²) in [6, 6.07) is 6.16. The average Bonchev–Trinajstić information content (AvgIpc) is 2.57. The van der Waals surface area contributed by atoms with Crippen molar-refractivity contribution in [2.75, 3.05) is 6.61 Å². The van der Waals surface area contributed by atoms with Gasteiger partial charge in [-0.1, -0.05) is 28.9 Å². The highest BCUT2D eigenvalue weighted by Gasteiger charge is 2.14. The van der Waals surface area contributed by atoms with E-state index in [-0.39, 0.29) is 12.5 Å². The van der Waals surface area contributed by atoms with Crippen LogP contribution in [0.2, 0.25) is 0 Å². The van der Waals surface area contributed by atoms with Crippen LogP contribution >= 0.6 is 15.9 Å². The van der Waals surface area contributed by atoms with Gasteiger partial charge in [-0.2, -0.15) is 0 Å². The van der Waals surface area contributed by atoms with Gasteiger partial charge in [0.2, 0.25) is 0 Å². The first-order valence-electron chi connectivity index (χ1n) is 4.99. The molecular formula is C12H14BrNO. The first-order valence-corrected chi connectivity index (χ1v) is 5.78. The second kappa shape index (κ2) is 3.99. The van der Waals surface area contributed by atoms with Crippen LogP contribution in [0.25, 0.3) is 10.9 Å². The molecule has 0 aliphatic rings. The molecule has 15 heavy (non-hydrogen) atoms. The van der Waals surface area contributed by atoms with Gasteiger partial charge in [-0.05, 0) is 17.7 Å². The fraction of sp³-hybridized carbons (Fsp3) is 0.333. The lowest BCUT2D eigenvalue weighted by atomic mass is 10.0. The highest BCUT2D eigenvalue weighted by Crippen LogP contribution is 2.32. The Morgan fingerprint density at radius 1 is 1.47 bits per heavy atom. The van der Waals surface area contributed by atoms with Crippen molar-refractivity contribution >= 4 is 26.8 Å². The predicted octanol–water partition coefficient (Wildman–Crippen LogP) is 3.04. The molecule has 0 bridgehead atoms. The molecule has 0 aliphatic heterocycles. The molecule has 1 heterocycles. The number of hydrogen-bond acceptors (Lipinski definition) is 1. The number of aliphatic hydroxyl groups excluding tert-OH is 1. The van der Waals surface area contributed by atoms with Crippen LogP contribution in [-0.2, 0) is 7.05 Å². The lowest BCUT2D eigenvalue weighted by molar-refractivity contribution is 0.273. The molecule has 3 heteroatoms. The quantitative estimate of drug-likeness (QED) is 0.889. The van der Waals surface area contributed by atoms with Crippen LogP contribution in [0.15, 0.2) is 28.9 Å². The van der Waals surface area contributed by atoms with Gasteiger partial charge in [0.15, 0.2) is 0 Å². The minimum absolute atomic E-state index is 0.174. The molecule has 1 aromatic heterocycles. The highest BCUT2D eigenvalue weighted by molar-refractivity contribution is 9.10. The van der Waals surface area contributed by atoms with Gasteiger partial charge in [-0.3, -0.25) is 0 Å². The predicted molar refractivity (Wildman–Crippen MR) is 66.1 cm³/mol. The van der Waals surface area contributed by atoms with Gasteiger partial charge in [-0.25, -0.2) is 0 Å². The number of aromatic nitrogens is 1. The van der Waals surface area contributed by atoms with E-state index in [0.717, 1.165) is 4.47 Å². The molecule has 0 saturated heterocycles. The van der Waals surface area contributed by atoms with E-state index in [1.807, 2.05) is 26.1 Å². The van der Waals surface area contributed by atoms with E-state index < -0.39 is 0 Å². The summed E-state index contributed by atoms with van der Waals surface area (Å²) in [5, 5.41) is 10.4. The summed E-state index contributed by atoms with van der Waals surface area (Å²) in [7, 11) is 2.03. The van der Waals surface area contributed by atoms with Gasteiger partial charge in [-0.15, -0.1) is 0 Å². The minimum atomic E-state index is 0.174. The molecule has 0 fully saturated rings. The molecule has 2 nitrogen and oxygen atoms in total. The summed E-state index contributed by atoms with van der Waals surface area (Å²) in [6.07, 6.45) is 2.09. The average molecular weight is 268 g/mol. The number of aryl methyl sites for hydroxylation is 1. The second-order valence-electron chi connectivity index (χ2n) is 3.91. The smallest absolute Gasteiger partial charge is 0.0497 e. The van der Waals surface area contributed by atoms with Gasteiger partial charge < -0.3 is 9.67 Å². The Hall–Kier alpha value is -0.800. The van der Waals surface area contributed by atoms with Crippen molar-refractivity contribution in [2.24, 2.45) is 7.05 Å². The summed E-state index contributed by atoms with van der Waals surface area (Å²) in [4.78, 5) is 0. The maximum Gasteiger partial charge on any atom is 0.0497 e. The number of benzene rings is 1. The number of halogens is 1. The van der Waals surface area contributed by atoms with Crippen LogP contribution in [0, 0.1) is 0 Å². The summed E-state index contributed by atoms with van der Waals surface area (Å²) in [5.74, 6) is 0.174. The van der Waals surface area contributed by atoms with E-state index in [2.05, 4.69) is 32.8 Å². The fourth-order valence-electron chi connectivity index (χ4n) is 1.91. The van der Waals surface area contributed by atoms with Crippen molar-refractivity contribution in [3.05, 3.63) is 34.4 Å². The second-order valence-corrected chi connectivity index (χ2v) is 4.77. The van der Waals surface area contributed by atoms with E-state index in [4.69, 9.17) is 0 Å². The molecule has 0 saturated carbocycles. The standard InChI is InChI=1S/C12H14BrNO/c1-8(7-15)9-6-14(2)11-5-3-4-10(13)12(9)11/h3-6,8,15H,7H2,1-2H3. The van der Waals surface area contributed by atoms with Crippen LogP contribution in [0.1, 0.15) is 18.4 Å². The number of fused-ring (bicyclic) bond motifs is 1. The molecule has 80 valence electrons. The largest absolute Gasteiger partial charge is 0.396 e. The zero-order chi connectivity index (χ0) is 11.0. The summed E-state index contributed by atoms with van der Waals surface area (Å²) in [6.45, 7) is 2.22. The Labute approximate surface area is 97.7 Å². The Morgan fingerprint density at radius 2 is 2.20 bits per heavy atom. The summed E-state index contributed by atoms with van der Waals surface area (Å²) >= 11 is 3.56. The molecule has 1 unspecified atom stereocenters. The maximum absolute atomic E-state index is 9.22. The fourth-order valence-corrected chi connectivity index (χ4v) is 2.49. The number of aliphatic hydroxyl groups is 1. The van der Waals surface area contributed by atoms with Crippen LogP contribution in [0.5, 0.6) is 0 Å². The third kappa shape index (κ3) is 1.70. The SMILES string of the molecule is CC(CO)c1cn(C)c2cccc(Br)c12. The molecule has 0 aliphatic carbocycles. The molecule has 1 aromatic carbocycles. The Kier molecular flexibility index (Phi) is 2.85. The van der Waals surface area contributed by atoms with Crippen LogP contribution < -0.4 is 0 Å². The van der Waals surface area contributed by atoms with Gasteiger partial charge in [0, 0.05) is 41.1 Å². The molecule has 1 N–H and O–H groups in total. The van der Waals surface area contributed by atoms with Crippen molar-refractivity contribution < 1.29 is 5.11 Å².